The van der Waals surface area contributed by atoms with E-state index in [9.17, 15) is 9.18 Å². The van der Waals surface area contributed by atoms with Crippen LogP contribution in [0.3, 0.4) is 0 Å². The molecule has 0 bridgehead atoms. The van der Waals surface area contributed by atoms with Crippen LogP contribution in [0.1, 0.15) is 25.8 Å². The van der Waals surface area contributed by atoms with E-state index in [0.717, 1.165) is 18.5 Å². The van der Waals surface area contributed by atoms with Crippen molar-refractivity contribution >= 4 is 5.91 Å². The highest BCUT2D eigenvalue weighted by Crippen LogP contribution is 2.14. The fourth-order valence-electron chi connectivity index (χ4n) is 2.41. The van der Waals surface area contributed by atoms with Gasteiger partial charge in [-0.15, -0.1) is 0 Å². The molecule has 1 fully saturated rings. The Morgan fingerprint density at radius 3 is 2.68 bits per heavy atom. The second-order valence-electron chi connectivity index (χ2n) is 5.52. The van der Waals surface area contributed by atoms with Crippen molar-refractivity contribution in [2.24, 2.45) is 5.92 Å². The zero-order valence-corrected chi connectivity index (χ0v) is 11.5. The zero-order chi connectivity index (χ0) is 13.8. The summed E-state index contributed by atoms with van der Waals surface area (Å²) in [4.78, 5) is 14.2. The fourth-order valence-corrected chi connectivity index (χ4v) is 2.41. The molecule has 104 valence electrons. The summed E-state index contributed by atoms with van der Waals surface area (Å²) in [7, 11) is 0. The summed E-state index contributed by atoms with van der Waals surface area (Å²) in [5, 5.41) is 3.27. The van der Waals surface area contributed by atoms with Gasteiger partial charge in [-0.05, 0) is 30.0 Å². The Morgan fingerprint density at radius 2 is 2.05 bits per heavy atom. The Labute approximate surface area is 113 Å². The zero-order valence-electron chi connectivity index (χ0n) is 11.5. The number of amides is 1. The summed E-state index contributed by atoms with van der Waals surface area (Å²) in [5.41, 5.74) is 0.972. The molecule has 3 nitrogen and oxygen atoms in total. The number of carbonyl (C=O) groups is 1. The molecule has 1 N–H and O–H groups in total. The maximum atomic E-state index is 12.9. The first-order valence-corrected chi connectivity index (χ1v) is 6.83. The van der Waals surface area contributed by atoms with Gasteiger partial charge in [0, 0.05) is 19.6 Å². The van der Waals surface area contributed by atoms with Crippen molar-refractivity contribution in [3.05, 3.63) is 35.6 Å². The Kier molecular flexibility index (Phi) is 4.53. The SMILES string of the molecule is CC(C)C[C@@H]1NCCN(Cc2ccc(F)cc2)C1=O. The molecule has 0 unspecified atom stereocenters. The molecule has 0 radical (unpaired) electrons. The van der Waals surface area contributed by atoms with Gasteiger partial charge in [-0.25, -0.2) is 4.39 Å². The third-order valence-electron chi connectivity index (χ3n) is 3.38. The highest BCUT2D eigenvalue weighted by molar-refractivity contribution is 5.82. The van der Waals surface area contributed by atoms with Crippen molar-refractivity contribution in [2.75, 3.05) is 13.1 Å². The van der Waals surface area contributed by atoms with Gasteiger partial charge >= 0.3 is 0 Å². The lowest BCUT2D eigenvalue weighted by molar-refractivity contribution is -0.136. The van der Waals surface area contributed by atoms with Crippen molar-refractivity contribution in [1.82, 2.24) is 10.2 Å². The smallest absolute Gasteiger partial charge is 0.240 e. The molecule has 1 amide bonds. The highest BCUT2D eigenvalue weighted by Gasteiger charge is 2.28. The van der Waals surface area contributed by atoms with Gasteiger partial charge in [0.15, 0.2) is 0 Å². The predicted molar refractivity (Wildman–Crippen MR) is 73.1 cm³/mol. The molecule has 1 saturated heterocycles. The first-order valence-electron chi connectivity index (χ1n) is 6.83. The van der Waals surface area contributed by atoms with Crippen LogP contribution in [0.25, 0.3) is 0 Å². The summed E-state index contributed by atoms with van der Waals surface area (Å²) in [5.74, 6) is 0.407. The fraction of sp³-hybridized carbons (Fsp3) is 0.533. The number of nitrogens with zero attached hydrogens (tertiary/aromatic N) is 1. The second kappa shape index (κ2) is 6.15. The van der Waals surface area contributed by atoms with Crippen molar-refractivity contribution in [2.45, 2.75) is 32.9 Å². The second-order valence-corrected chi connectivity index (χ2v) is 5.52. The number of hydrogen-bond acceptors (Lipinski definition) is 2. The van der Waals surface area contributed by atoms with Gasteiger partial charge in [0.1, 0.15) is 5.82 Å². The molecule has 4 heteroatoms. The summed E-state index contributed by atoms with van der Waals surface area (Å²) in [6, 6.07) is 6.28. The van der Waals surface area contributed by atoms with Crippen molar-refractivity contribution in [1.29, 1.82) is 0 Å². The van der Waals surface area contributed by atoms with E-state index in [-0.39, 0.29) is 17.8 Å². The van der Waals surface area contributed by atoms with Gasteiger partial charge in [0.2, 0.25) is 5.91 Å². The van der Waals surface area contributed by atoms with Gasteiger partial charge in [0.05, 0.1) is 6.04 Å². The van der Waals surface area contributed by atoms with E-state index in [1.54, 1.807) is 12.1 Å². The minimum absolute atomic E-state index is 0.0748. The van der Waals surface area contributed by atoms with Gasteiger partial charge in [0.25, 0.3) is 0 Å². The van der Waals surface area contributed by atoms with Crippen LogP contribution in [0.5, 0.6) is 0 Å². The maximum Gasteiger partial charge on any atom is 0.240 e. The summed E-state index contributed by atoms with van der Waals surface area (Å²) >= 11 is 0. The first-order chi connectivity index (χ1) is 9.06. The maximum absolute atomic E-state index is 12.9. The van der Waals surface area contributed by atoms with E-state index in [0.29, 0.717) is 19.0 Å². The lowest BCUT2D eigenvalue weighted by Gasteiger charge is -2.34. The molecular formula is C15H21FN2O. The first kappa shape index (κ1) is 14.0. The highest BCUT2D eigenvalue weighted by atomic mass is 19.1. The minimum atomic E-state index is -0.243. The van der Waals surface area contributed by atoms with Crippen molar-refractivity contribution in [3.63, 3.8) is 0 Å². The number of rotatable bonds is 4. The summed E-state index contributed by atoms with van der Waals surface area (Å²) in [6.07, 6.45) is 0.860. The number of benzene rings is 1. The topological polar surface area (TPSA) is 32.3 Å². The number of piperazine rings is 1. The third kappa shape index (κ3) is 3.77. The summed E-state index contributed by atoms with van der Waals surface area (Å²) < 4.78 is 12.9. The molecule has 2 rings (SSSR count). The average molecular weight is 264 g/mol. The number of nitrogens with one attached hydrogen (secondary N) is 1. The molecule has 1 heterocycles. The Bertz CT molecular complexity index is 430. The Morgan fingerprint density at radius 1 is 1.37 bits per heavy atom. The molecule has 1 atom stereocenters. The van der Waals surface area contributed by atoms with Gasteiger partial charge in [-0.2, -0.15) is 0 Å². The molecule has 0 aromatic heterocycles. The van der Waals surface area contributed by atoms with Crippen LogP contribution in [0.2, 0.25) is 0 Å². The van der Waals surface area contributed by atoms with E-state index in [1.807, 2.05) is 4.90 Å². The van der Waals surface area contributed by atoms with Crippen molar-refractivity contribution < 1.29 is 9.18 Å². The van der Waals surface area contributed by atoms with E-state index < -0.39 is 0 Å². The number of hydrogen-bond donors (Lipinski definition) is 1. The largest absolute Gasteiger partial charge is 0.336 e. The number of carbonyl (C=O) groups excluding carboxylic acids is 1. The minimum Gasteiger partial charge on any atom is -0.336 e. The Balaban J connectivity index is 1.99. The van der Waals surface area contributed by atoms with Crippen LogP contribution in [0.4, 0.5) is 4.39 Å². The van der Waals surface area contributed by atoms with Crippen molar-refractivity contribution in [3.8, 4) is 0 Å². The van der Waals surface area contributed by atoms with E-state index in [4.69, 9.17) is 0 Å². The molecule has 1 aliphatic heterocycles. The van der Waals surface area contributed by atoms with Crippen LogP contribution in [0.15, 0.2) is 24.3 Å². The van der Waals surface area contributed by atoms with Crippen LogP contribution in [0, 0.1) is 11.7 Å². The standard InChI is InChI=1S/C15H21FN2O/c1-11(2)9-14-15(19)18(8-7-17-14)10-12-3-5-13(16)6-4-12/h3-6,11,14,17H,7-10H2,1-2H3/t14-/m0/s1. The van der Waals surface area contributed by atoms with Crippen LogP contribution >= 0.6 is 0 Å². The molecule has 1 aromatic carbocycles. The Hall–Kier alpha value is -1.42. The predicted octanol–water partition coefficient (Wildman–Crippen LogP) is 2.17. The van der Waals surface area contributed by atoms with Gasteiger partial charge in [-0.3, -0.25) is 4.79 Å². The van der Waals surface area contributed by atoms with E-state index in [1.165, 1.54) is 12.1 Å². The molecule has 19 heavy (non-hydrogen) atoms. The molecule has 0 aliphatic carbocycles. The molecule has 1 aliphatic rings. The molecule has 0 saturated carbocycles. The molecule has 1 aromatic rings. The summed E-state index contributed by atoms with van der Waals surface area (Å²) in [6.45, 7) is 6.34. The quantitative estimate of drug-likeness (QED) is 0.904. The monoisotopic (exact) mass is 264 g/mol. The average Bonchev–Trinajstić information content (AvgIpc) is 2.36. The van der Waals surface area contributed by atoms with Gasteiger partial charge in [-0.1, -0.05) is 26.0 Å². The van der Waals surface area contributed by atoms with Crippen LogP contribution in [-0.4, -0.2) is 29.9 Å². The molecular weight excluding hydrogens is 243 g/mol. The van der Waals surface area contributed by atoms with Crippen LogP contribution in [-0.2, 0) is 11.3 Å². The number of halogens is 1. The third-order valence-corrected chi connectivity index (χ3v) is 3.38. The van der Waals surface area contributed by atoms with E-state index in [2.05, 4.69) is 19.2 Å². The van der Waals surface area contributed by atoms with Crippen LogP contribution < -0.4 is 5.32 Å². The lowest BCUT2D eigenvalue weighted by atomic mass is 10.0. The lowest BCUT2D eigenvalue weighted by Crippen LogP contribution is -2.54. The normalized spacial score (nSPS) is 20.1. The molecule has 0 spiro atoms. The van der Waals surface area contributed by atoms with E-state index >= 15 is 0 Å². The van der Waals surface area contributed by atoms with Gasteiger partial charge < -0.3 is 10.2 Å².